The molecule has 1 aromatic carbocycles. The highest BCUT2D eigenvalue weighted by Crippen LogP contribution is 2.29. The summed E-state index contributed by atoms with van der Waals surface area (Å²) in [6, 6.07) is 2.80. The number of fused-ring (bicyclic) bond motifs is 1. The third-order valence-corrected chi connectivity index (χ3v) is 1.56. The van der Waals surface area contributed by atoms with Gasteiger partial charge in [-0.3, -0.25) is 0 Å². The average Bonchev–Trinajstić information content (AvgIpc) is 2.34. The number of rotatable bonds is 0. The topological polar surface area (TPSA) is 53.6 Å². The van der Waals surface area contributed by atoms with Crippen LogP contribution in [0.5, 0.6) is 11.5 Å². The van der Waals surface area contributed by atoms with Crippen molar-refractivity contribution >= 4 is 10.8 Å². The summed E-state index contributed by atoms with van der Waals surface area (Å²) in [5, 5.41) is 19.6. The second-order valence-corrected chi connectivity index (χ2v) is 2.34. The van der Waals surface area contributed by atoms with E-state index in [1.54, 1.807) is 0 Å². The van der Waals surface area contributed by atoms with Crippen LogP contribution in [-0.2, 0) is 0 Å². The number of hydrogen-bond acceptors (Lipinski definition) is 3. The second kappa shape index (κ2) is 1.92. The molecule has 0 saturated carbocycles. The molecule has 11 heavy (non-hydrogen) atoms. The number of benzene rings is 1. The van der Waals surface area contributed by atoms with Gasteiger partial charge in [-0.1, -0.05) is 0 Å². The predicted molar refractivity (Wildman–Crippen MR) is 39.5 cm³/mol. The molecule has 0 unspecified atom stereocenters. The monoisotopic (exact) mass is 150 g/mol. The molecular formula is C8H6O3. The van der Waals surface area contributed by atoms with E-state index in [0.29, 0.717) is 10.8 Å². The molecule has 56 valence electrons. The lowest BCUT2D eigenvalue weighted by Crippen LogP contribution is -1.67. The third kappa shape index (κ3) is 0.816. The highest BCUT2D eigenvalue weighted by molar-refractivity contribution is 5.88. The number of aromatic hydroxyl groups is 2. The van der Waals surface area contributed by atoms with Gasteiger partial charge in [-0.05, 0) is 6.07 Å². The molecule has 0 aliphatic heterocycles. The number of furan rings is 1. The van der Waals surface area contributed by atoms with Crippen LogP contribution in [0.4, 0.5) is 0 Å². The zero-order chi connectivity index (χ0) is 7.84. The van der Waals surface area contributed by atoms with Crippen LogP contribution in [0.3, 0.4) is 0 Å². The van der Waals surface area contributed by atoms with Crippen molar-refractivity contribution in [2.75, 3.05) is 0 Å². The number of phenols is 2. The number of phenolic OH excluding ortho intramolecular Hbond substituents is 2. The largest absolute Gasteiger partial charge is 0.508 e. The summed E-state index contributed by atoms with van der Waals surface area (Å²) in [7, 11) is 0. The van der Waals surface area contributed by atoms with Crippen molar-refractivity contribution in [3.8, 4) is 11.5 Å². The molecule has 0 atom stereocenters. The van der Waals surface area contributed by atoms with Gasteiger partial charge < -0.3 is 14.6 Å². The fourth-order valence-corrected chi connectivity index (χ4v) is 1.05. The summed E-state index contributed by atoms with van der Waals surface area (Å²) in [6.07, 6.45) is 2.90. The Balaban J connectivity index is 2.91. The molecule has 3 heteroatoms. The lowest BCUT2D eigenvalue weighted by Gasteiger charge is -1.94. The van der Waals surface area contributed by atoms with Crippen molar-refractivity contribution in [3.05, 3.63) is 24.7 Å². The van der Waals surface area contributed by atoms with Crippen molar-refractivity contribution in [1.29, 1.82) is 0 Å². The van der Waals surface area contributed by atoms with Gasteiger partial charge in [0.1, 0.15) is 17.8 Å². The summed E-state index contributed by atoms with van der Waals surface area (Å²) in [5.41, 5.74) is 0. The van der Waals surface area contributed by atoms with E-state index in [-0.39, 0.29) is 11.5 Å². The third-order valence-electron chi connectivity index (χ3n) is 1.56. The van der Waals surface area contributed by atoms with Gasteiger partial charge in [0.2, 0.25) is 0 Å². The summed E-state index contributed by atoms with van der Waals surface area (Å²) in [6.45, 7) is 0. The molecule has 3 nitrogen and oxygen atoms in total. The first-order valence-corrected chi connectivity index (χ1v) is 3.15. The number of hydrogen-bond donors (Lipinski definition) is 2. The zero-order valence-electron chi connectivity index (χ0n) is 5.61. The van der Waals surface area contributed by atoms with Crippen molar-refractivity contribution in [2.24, 2.45) is 0 Å². The molecule has 0 amide bonds. The van der Waals surface area contributed by atoms with Crippen LogP contribution in [0.2, 0.25) is 0 Å². The second-order valence-electron chi connectivity index (χ2n) is 2.34. The van der Waals surface area contributed by atoms with Crippen LogP contribution in [0.25, 0.3) is 10.8 Å². The standard InChI is InChI=1S/C8H6O3/c9-6-1-5-3-11-4-7(5)8(10)2-6/h1-4,9-10H. The molecule has 0 bridgehead atoms. The smallest absolute Gasteiger partial charge is 0.130 e. The van der Waals surface area contributed by atoms with Gasteiger partial charge in [-0.25, -0.2) is 0 Å². The lowest BCUT2D eigenvalue weighted by atomic mass is 10.2. The molecular weight excluding hydrogens is 144 g/mol. The van der Waals surface area contributed by atoms with Gasteiger partial charge in [0.25, 0.3) is 0 Å². The first-order chi connectivity index (χ1) is 5.27. The van der Waals surface area contributed by atoms with Gasteiger partial charge in [-0.15, -0.1) is 0 Å². The van der Waals surface area contributed by atoms with E-state index in [1.807, 2.05) is 0 Å². The Kier molecular flexibility index (Phi) is 1.06. The van der Waals surface area contributed by atoms with Crippen molar-refractivity contribution in [2.45, 2.75) is 0 Å². The van der Waals surface area contributed by atoms with E-state index in [1.165, 1.54) is 24.7 Å². The first-order valence-electron chi connectivity index (χ1n) is 3.15. The molecule has 0 saturated heterocycles. The predicted octanol–water partition coefficient (Wildman–Crippen LogP) is 1.84. The maximum Gasteiger partial charge on any atom is 0.130 e. The molecule has 1 heterocycles. The normalized spacial score (nSPS) is 10.5. The van der Waals surface area contributed by atoms with Crippen LogP contribution >= 0.6 is 0 Å². The molecule has 2 rings (SSSR count). The Morgan fingerprint density at radius 1 is 1.09 bits per heavy atom. The van der Waals surface area contributed by atoms with E-state index in [0.717, 1.165) is 0 Å². The molecule has 0 aliphatic carbocycles. The molecule has 0 aliphatic rings. The van der Waals surface area contributed by atoms with Gasteiger partial charge >= 0.3 is 0 Å². The molecule has 0 spiro atoms. The van der Waals surface area contributed by atoms with Crippen LogP contribution in [0.15, 0.2) is 29.1 Å². The molecule has 0 fully saturated rings. The zero-order valence-corrected chi connectivity index (χ0v) is 5.61. The van der Waals surface area contributed by atoms with Gasteiger partial charge in [0.15, 0.2) is 0 Å². The van der Waals surface area contributed by atoms with E-state index in [2.05, 4.69) is 0 Å². The molecule has 2 N–H and O–H groups in total. The minimum atomic E-state index is 0.0359. The van der Waals surface area contributed by atoms with Crippen LogP contribution in [-0.4, -0.2) is 10.2 Å². The highest BCUT2D eigenvalue weighted by atomic mass is 16.3. The fourth-order valence-electron chi connectivity index (χ4n) is 1.05. The molecule has 2 aromatic rings. The van der Waals surface area contributed by atoms with Crippen LogP contribution in [0, 0.1) is 0 Å². The van der Waals surface area contributed by atoms with E-state index in [4.69, 9.17) is 9.52 Å². The van der Waals surface area contributed by atoms with E-state index in [9.17, 15) is 5.11 Å². The minimum Gasteiger partial charge on any atom is -0.508 e. The average molecular weight is 150 g/mol. The van der Waals surface area contributed by atoms with Crippen LogP contribution in [0.1, 0.15) is 0 Å². The SMILES string of the molecule is Oc1cc(O)c2cocc2c1. The first kappa shape index (κ1) is 6.09. The van der Waals surface area contributed by atoms with Crippen molar-refractivity contribution in [1.82, 2.24) is 0 Å². The van der Waals surface area contributed by atoms with Crippen molar-refractivity contribution in [3.63, 3.8) is 0 Å². The molecule has 0 radical (unpaired) electrons. The van der Waals surface area contributed by atoms with Crippen LogP contribution < -0.4 is 0 Å². The Hall–Kier alpha value is -1.64. The Bertz CT molecular complexity index is 389. The fraction of sp³-hybridized carbons (Fsp3) is 0. The Morgan fingerprint density at radius 2 is 1.91 bits per heavy atom. The summed E-state index contributed by atoms with van der Waals surface area (Å²) < 4.78 is 4.83. The summed E-state index contributed by atoms with van der Waals surface area (Å²) >= 11 is 0. The summed E-state index contributed by atoms with van der Waals surface area (Å²) in [5.74, 6) is 0.0742. The summed E-state index contributed by atoms with van der Waals surface area (Å²) in [4.78, 5) is 0. The molecule has 1 aromatic heterocycles. The van der Waals surface area contributed by atoms with Crippen molar-refractivity contribution < 1.29 is 14.6 Å². The van der Waals surface area contributed by atoms with Gasteiger partial charge in [0, 0.05) is 11.5 Å². The lowest BCUT2D eigenvalue weighted by molar-refractivity contribution is 0.455. The maximum atomic E-state index is 9.22. The quantitative estimate of drug-likeness (QED) is 0.602. The maximum absolute atomic E-state index is 9.22. The Morgan fingerprint density at radius 3 is 2.73 bits per heavy atom. The van der Waals surface area contributed by atoms with E-state index < -0.39 is 0 Å². The van der Waals surface area contributed by atoms with Gasteiger partial charge in [-0.2, -0.15) is 0 Å². The van der Waals surface area contributed by atoms with Gasteiger partial charge in [0.05, 0.1) is 11.6 Å². The highest BCUT2D eigenvalue weighted by Gasteiger charge is 2.02. The Labute approximate surface area is 62.5 Å². The minimum absolute atomic E-state index is 0.0359. The van der Waals surface area contributed by atoms with E-state index >= 15 is 0 Å².